The lowest BCUT2D eigenvalue weighted by molar-refractivity contribution is 0.463. The second-order valence-corrected chi connectivity index (χ2v) is 4.80. The third-order valence-corrected chi connectivity index (χ3v) is 3.67. The standard InChI is InChI=1S/C13H18FN/c1-13(7-6-12(9-13)15-2)10-4-3-5-11(14)8-10/h3-5,8,12,15H,6-7,9H2,1-2H3. The van der Waals surface area contributed by atoms with Crippen molar-refractivity contribution in [2.75, 3.05) is 7.05 Å². The van der Waals surface area contributed by atoms with Gasteiger partial charge in [0, 0.05) is 6.04 Å². The zero-order valence-electron chi connectivity index (χ0n) is 9.39. The van der Waals surface area contributed by atoms with Gasteiger partial charge in [-0.1, -0.05) is 19.1 Å². The maximum Gasteiger partial charge on any atom is 0.123 e. The van der Waals surface area contributed by atoms with Crippen LogP contribution < -0.4 is 5.32 Å². The van der Waals surface area contributed by atoms with Crippen molar-refractivity contribution < 1.29 is 4.39 Å². The fourth-order valence-electron chi connectivity index (χ4n) is 2.61. The van der Waals surface area contributed by atoms with Gasteiger partial charge in [-0.2, -0.15) is 0 Å². The molecule has 1 aliphatic carbocycles. The highest BCUT2D eigenvalue weighted by Gasteiger charge is 2.35. The lowest BCUT2D eigenvalue weighted by Gasteiger charge is -2.24. The Morgan fingerprint density at radius 1 is 1.47 bits per heavy atom. The Morgan fingerprint density at radius 2 is 2.27 bits per heavy atom. The number of nitrogens with one attached hydrogen (secondary N) is 1. The molecule has 1 nitrogen and oxygen atoms in total. The number of hydrogen-bond acceptors (Lipinski definition) is 1. The van der Waals surface area contributed by atoms with Crippen molar-refractivity contribution in [2.24, 2.45) is 0 Å². The Hall–Kier alpha value is -0.890. The minimum Gasteiger partial charge on any atom is -0.317 e. The second kappa shape index (κ2) is 3.93. The largest absolute Gasteiger partial charge is 0.317 e. The summed E-state index contributed by atoms with van der Waals surface area (Å²) in [6, 6.07) is 7.62. The van der Waals surface area contributed by atoms with Crippen LogP contribution in [0.4, 0.5) is 4.39 Å². The molecule has 1 fully saturated rings. The monoisotopic (exact) mass is 207 g/mol. The smallest absolute Gasteiger partial charge is 0.123 e. The minimum absolute atomic E-state index is 0.123. The normalized spacial score (nSPS) is 30.7. The molecule has 0 spiro atoms. The van der Waals surface area contributed by atoms with Crippen LogP contribution in [0.5, 0.6) is 0 Å². The van der Waals surface area contributed by atoms with Crippen molar-refractivity contribution in [3.05, 3.63) is 35.6 Å². The second-order valence-electron chi connectivity index (χ2n) is 4.80. The van der Waals surface area contributed by atoms with Crippen LogP contribution in [0.1, 0.15) is 31.7 Å². The van der Waals surface area contributed by atoms with Gasteiger partial charge in [-0.3, -0.25) is 0 Å². The minimum atomic E-state index is -0.123. The Balaban J connectivity index is 2.23. The van der Waals surface area contributed by atoms with Gasteiger partial charge in [0.2, 0.25) is 0 Å². The summed E-state index contributed by atoms with van der Waals surface area (Å²) in [5, 5.41) is 3.31. The third kappa shape index (κ3) is 2.05. The van der Waals surface area contributed by atoms with E-state index in [1.807, 2.05) is 19.2 Å². The highest BCUT2D eigenvalue weighted by atomic mass is 19.1. The molecule has 1 aromatic carbocycles. The van der Waals surface area contributed by atoms with E-state index >= 15 is 0 Å². The van der Waals surface area contributed by atoms with Crippen LogP contribution >= 0.6 is 0 Å². The summed E-state index contributed by atoms with van der Waals surface area (Å²) in [7, 11) is 2.00. The van der Waals surface area contributed by atoms with E-state index in [0.29, 0.717) is 6.04 Å². The molecule has 0 radical (unpaired) electrons. The Morgan fingerprint density at radius 3 is 2.87 bits per heavy atom. The Labute approximate surface area is 90.7 Å². The molecule has 0 aromatic heterocycles. The van der Waals surface area contributed by atoms with Crippen LogP contribution in [-0.2, 0) is 5.41 Å². The van der Waals surface area contributed by atoms with Gasteiger partial charge < -0.3 is 5.32 Å². The topological polar surface area (TPSA) is 12.0 Å². The van der Waals surface area contributed by atoms with Gasteiger partial charge in [0.1, 0.15) is 5.82 Å². The van der Waals surface area contributed by atoms with Gasteiger partial charge in [-0.05, 0) is 49.4 Å². The van der Waals surface area contributed by atoms with Crippen LogP contribution in [0.15, 0.2) is 24.3 Å². The number of hydrogen-bond donors (Lipinski definition) is 1. The van der Waals surface area contributed by atoms with Gasteiger partial charge in [0.05, 0.1) is 0 Å². The SMILES string of the molecule is CNC1CCC(C)(c2cccc(F)c2)C1. The molecule has 1 N–H and O–H groups in total. The fourth-order valence-corrected chi connectivity index (χ4v) is 2.61. The third-order valence-electron chi connectivity index (χ3n) is 3.67. The zero-order valence-corrected chi connectivity index (χ0v) is 9.39. The molecular weight excluding hydrogens is 189 g/mol. The summed E-state index contributed by atoms with van der Waals surface area (Å²) < 4.78 is 13.2. The van der Waals surface area contributed by atoms with E-state index in [9.17, 15) is 4.39 Å². The summed E-state index contributed by atoms with van der Waals surface area (Å²) in [4.78, 5) is 0. The van der Waals surface area contributed by atoms with Crippen molar-refractivity contribution >= 4 is 0 Å². The van der Waals surface area contributed by atoms with Crippen LogP contribution in [0.25, 0.3) is 0 Å². The summed E-state index contributed by atoms with van der Waals surface area (Å²) in [5.74, 6) is -0.123. The summed E-state index contributed by atoms with van der Waals surface area (Å²) in [5.41, 5.74) is 1.29. The Kier molecular flexibility index (Phi) is 2.79. The number of rotatable bonds is 2. The molecule has 1 aliphatic rings. The molecule has 0 heterocycles. The predicted molar refractivity (Wildman–Crippen MR) is 60.5 cm³/mol. The lowest BCUT2D eigenvalue weighted by Crippen LogP contribution is -2.25. The predicted octanol–water partition coefficient (Wildman–Crippen LogP) is 2.86. The lowest BCUT2D eigenvalue weighted by atomic mass is 9.81. The Bertz CT molecular complexity index is 350. The summed E-state index contributed by atoms with van der Waals surface area (Å²) in [6.07, 6.45) is 3.43. The molecule has 15 heavy (non-hydrogen) atoms. The molecule has 0 bridgehead atoms. The van der Waals surface area contributed by atoms with Gasteiger partial charge in [-0.15, -0.1) is 0 Å². The number of benzene rings is 1. The van der Waals surface area contributed by atoms with Gasteiger partial charge >= 0.3 is 0 Å². The van der Waals surface area contributed by atoms with Crippen molar-refractivity contribution in [3.63, 3.8) is 0 Å². The van der Waals surface area contributed by atoms with Crippen LogP contribution in [0, 0.1) is 5.82 Å². The van der Waals surface area contributed by atoms with E-state index in [1.54, 1.807) is 6.07 Å². The average Bonchev–Trinajstić information content (AvgIpc) is 2.62. The average molecular weight is 207 g/mol. The summed E-state index contributed by atoms with van der Waals surface area (Å²) >= 11 is 0. The molecule has 0 saturated heterocycles. The first kappa shape index (κ1) is 10.6. The van der Waals surface area contributed by atoms with Crippen LogP contribution in [-0.4, -0.2) is 13.1 Å². The van der Waals surface area contributed by atoms with Crippen molar-refractivity contribution in [3.8, 4) is 0 Å². The first-order valence-corrected chi connectivity index (χ1v) is 5.57. The fraction of sp³-hybridized carbons (Fsp3) is 0.538. The van der Waals surface area contributed by atoms with E-state index in [0.717, 1.165) is 18.4 Å². The van der Waals surface area contributed by atoms with E-state index < -0.39 is 0 Å². The van der Waals surface area contributed by atoms with Crippen molar-refractivity contribution in [1.29, 1.82) is 0 Å². The van der Waals surface area contributed by atoms with E-state index in [2.05, 4.69) is 12.2 Å². The molecule has 2 unspecified atom stereocenters. The molecule has 1 saturated carbocycles. The quantitative estimate of drug-likeness (QED) is 0.786. The zero-order chi connectivity index (χ0) is 10.9. The van der Waals surface area contributed by atoms with Crippen LogP contribution in [0.2, 0.25) is 0 Å². The van der Waals surface area contributed by atoms with Gasteiger partial charge in [-0.25, -0.2) is 4.39 Å². The highest BCUT2D eigenvalue weighted by molar-refractivity contribution is 5.27. The molecule has 0 aliphatic heterocycles. The molecule has 0 amide bonds. The first-order valence-electron chi connectivity index (χ1n) is 5.57. The number of halogens is 1. The molecule has 2 rings (SSSR count). The van der Waals surface area contributed by atoms with E-state index in [4.69, 9.17) is 0 Å². The van der Waals surface area contributed by atoms with Gasteiger partial charge in [0.15, 0.2) is 0 Å². The maximum absolute atomic E-state index is 13.2. The van der Waals surface area contributed by atoms with Gasteiger partial charge in [0.25, 0.3) is 0 Å². The van der Waals surface area contributed by atoms with Crippen molar-refractivity contribution in [2.45, 2.75) is 37.6 Å². The van der Waals surface area contributed by atoms with E-state index in [-0.39, 0.29) is 11.2 Å². The molecule has 1 aromatic rings. The van der Waals surface area contributed by atoms with Crippen molar-refractivity contribution in [1.82, 2.24) is 5.32 Å². The first-order chi connectivity index (χ1) is 7.14. The molecule has 2 atom stereocenters. The maximum atomic E-state index is 13.2. The molecular formula is C13H18FN. The van der Waals surface area contributed by atoms with Crippen LogP contribution in [0.3, 0.4) is 0 Å². The molecule has 2 heteroatoms. The summed E-state index contributed by atoms with van der Waals surface area (Å²) in [6.45, 7) is 2.24. The molecule has 82 valence electrons. The van der Waals surface area contributed by atoms with E-state index in [1.165, 1.54) is 12.5 Å². The highest BCUT2D eigenvalue weighted by Crippen LogP contribution is 2.40.